The molecule has 3 aromatic rings. The Morgan fingerprint density at radius 1 is 1.19 bits per heavy atom. The molecule has 0 fully saturated rings. The van der Waals surface area contributed by atoms with Crippen molar-refractivity contribution in [3.63, 3.8) is 0 Å². The Morgan fingerprint density at radius 2 is 2.00 bits per heavy atom. The molecule has 0 aliphatic carbocycles. The van der Waals surface area contributed by atoms with Crippen molar-refractivity contribution in [3.8, 4) is 5.75 Å². The molecule has 6 heteroatoms. The van der Waals surface area contributed by atoms with Crippen LogP contribution in [0.3, 0.4) is 0 Å². The molecule has 26 heavy (non-hydrogen) atoms. The van der Waals surface area contributed by atoms with Gasteiger partial charge in [-0.05, 0) is 42.7 Å². The lowest BCUT2D eigenvalue weighted by Crippen LogP contribution is -2.31. The predicted octanol–water partition coefficient (Wildman–Crippen LogP) is 2.31. The van der Waals surface area contributed by atoms with E-state index >= 15 is 0 Å². The Bertz CT molecular complexity index is 946. The van der Waals surface area contributed by atoms with Gasteiger partial charge in [0.15, 0.2) is 6.61 Å². The number of nitrogens with two attached hydrogens (primary N) is 1. The molecule has 4 N–H and O–H groups in total. The van der Waals surface area contributed by atoms with E-state index in [4.69, 9.17) is 10.5 Å². The fourth-order valence-corrected chi connectivity index (χ4v) is 2.82. The maximum absolute atomic E-state index is 12.0. The number of rotatable bonds is 7. The Morgan fingerprint density at radius 3 is 2.81 bits per heavy atom. The van der Waals surface area contributed by atoms with Crippen molar-refractivity contribution in [3.05, 3.63) is 65.4 Å². The summed E-state index contributed by atoms with van der Waals surface area (Å²) < 4.78 is 5.48. The molecule has 0 radical (unpaired) electrons. The summed E-state index contributed by atoms with van der Waals surface area (Å²) in [7, 11) is 0. The molecular weight excluding hydrogens is 330 g/mol. The molecule has 0 atom stereocenters. The zero-order valence-corrected chi connectivity index (χ0v) is 14.5. The normalized spacial score (nSPS) is 10.7. The van der Waals surface area contributed by atoms with E-state index in [1.54, 1.807) is 18.2 Å². The Kier molecular flexibility index (Phi) is 5.22. The molecule has 3 rings (SSSR count). The molecule has 0 unspecified atom stereocenters. The van der Waals surface area contributed by atoms with Crippen LogP contribution in [-0.2, 0) is 11.2 Å². The number of amides is 2. The summed E-state index contributed by atoms with van der Waals surface area (Å²) in [6.45, 7) is 2.21. The standard InChI is InChI=1S/C20H21N3O3/c1-13-6-7-16(20(21)25)18(10-13)26-12-19(24)22-9-8-14-11-23-17-5-3-2-4-15(14)17/h2-7,10-11,23H,8-9,12H2,1H3,(H2,21,25)(H,22,24). The van der Waals surface area contributed by atoms with E-state index in [2.05, 4.69) is 16.4 Å². The van der Waals surface area contributed by atoms with Crippen molar-refractivity contribution in [2.75, 3.05) is 13.2 Å². The first kappa shape index (κ1) is 17.5. The number of hydrogen-bond donors (Lipinski definition) is 3. The SMILES string of the molecule is Cc1ccc(C(N)=O)c(OCC(=O)NCCc2c[nH]c3ccccc23)c1. The molecule has 0 aliphatic heterocycles. The van der Waals surface area contributed by atoms with Crippen molar-refractivity contribution in [2.24, 2.45) is 5.73 Å². The van der Waals surface area contributed by atoms with Crippen LogP contribution in [-0.4, -0.2) is 29.9 Å². The average Bonchev–Trinajstić information content (AvgIpc) is 3.03. The maximum Gasteiger partial charge on any atom is 0.257 e. The zero-order chi connectivity index (χ0) is 18.5. The van der Waals surface area contributed by atoms with E-state index in [1.807, 2.05) is 31.3 Å². The number of carbonyl (C=O) groups excluding carboxylic acids is 2. The molecule has 2 amide bonds. The summed E-state index contributed by atoms with van der Waals surface area (Å²) in [6.07, 6.45) is 2.67. The third-order valence-electron chi connectivity index (χ3n) is 4.15. The number of benzene rings is 2. The van der Waals surface area contributed by atoms with E-state index < -0.39 is 5.91 Å². The number of aromatic nitrogens is 1. The number of carbonyl (C=O) groups is 2. The summed E-state index contributed by atoms with van der Waals surface area (Å²) in [6, 6.07) is 13.1. The number of H-pyrrole nitrogens is 1. The number of ether oxygens (including phenoxy) is 1. The van der Waals surface area contributed by atoms with E-state index in [9.17, 15) is 9.59 Å². The number of primary amides is 1. The topological polar surface area (TPSA) is 97.2 Å². The van der Waals surface area contributed by atoms with Gasteiger partial charge in [0, 0.05) is 23.6 Å². The molecule has 6 nitrogen and oxygen atoms in total. The summed E-state index contributed by atoms with van der Waals surface area (Å²) >= 11 is 0. The third kappa shape index (κ3) is 4.03. The number of aromatic amines is 1. The Hall–Kier alpha value is -3.28. The van der Waals surface area contributed by atoms with Crippen molar-refractivity contribution in [1.29, 1.82) is 0 Å². The molecule has 0 aliphatic rings. The number of hydrogen-bond acceptors (Lipinski definition) is 3. The fraction of sp³-hybridized carbons (Fsp3) is 0.200. The van der Waals surface area contributed by atoms with Crippen LogP contribution in [0.1, 0.15) is 21.5 Å². The minimum absolute atomic E-state index is 0.169. The third-order valence-corrected chi connectivity index (χ3v) is 4.15. The number of fused-ring (bicyclic) bond motifs is 1. The maximum atomic E-state index is 12.0. The first-order valence-corrected chi connectivity index (χ1v) is 8.39. The lowest BCUT2D eigenvalue weighted by Gasteiger charge is -2.11. The summed E-state index contributed by atoms with van der Waals surface area (Å²) in [5.74, 6) is -0.509. The molecule has 0 bridgehead atoms. The smallest absolute Gasteiger partial charge is 0.257 e. The highest BCUT2D eigenvalue weighted by Gasteiger charge is 2.11. The molecule has 0 saturated heterocycles. The predicted molar refractivity (Wildman–Crippen MR) is 100 cm³/mol. The van der Waals surface area contributed by atoms with Gasteiger partial charge in [0.1, 0.15) is 5.75 Å². The number of aryl methyl sites for hydroxylation is 1. The Balaban J connectivity index is 1.52. The molecule has 1 heterocycles. The van der Waals surface area contributed by atoms with Crippen molar-refractivity contribution < 1.29 is 14.3 Å². The van der Waals surface area contributed by atoms with Gasteiger partial charge in [0.25, 0.3) is 11.8 Å². The van der Waals surface area contributed by atoms with Crippen LogP contribution in [0.25, 0.3) is 10.9 Å². The van der Waals surface area contributed by atoms with Gasteiger partial charge in [-0.3, -0.25) is 9.59 Å². The van der Waals surface area contributed by atoms with Gasteiger partial charge >= 0.3 is 0 Å². The largest absolute Gasteiger partial charge is 0.483 e. The van der Waals surface area contributed by atoms with Gasteiger partial charge in [-0.1, -0.05) is 24.3 Å². The van der Waals surface area contributed by atoms with Gasteiger partial charge in [0.05, 0.1) is 5.56 Å². The fourth-order valence-electron chi connectivity index (χ4n) is 2.82. The molecule has 0 spiro atoms. The van der Waals surface area contributed by atoms with Crippen LogP contribution in [0, 0.1) is 6.92 Å². The van der Waals surface area contributed by atoms with Crippen LogP contribution in [0.2, 0.25) is 0 Å². The average molecular weight is 351 g/mol. The quantitative estimate of drug-likeness (QED) is 0.609. The highest BCUT2D eigenvalue weighted by molar-refractivity contribution is 5.95. The first-order valence-electron chi connectivity index (χ1n) is 8.39. The van der Waals surface area contributed by atoms with Gasteiger partial charge < -0.3 is 20.8 Å². The molecule has 2 aromatic carbocycles. The number of nitrogens with one attached hydrogen (secondary N) is 2. The van der Waals surface area contributed by atoms with Crippen molar-refractivity contribution in [2.45, 2.75) is 13.3 Å². The van der Waals surface area contributed by atoms with Crippen molar-refractivity contribution in [1.82, 2.24) is 10.3 Å². The van der Waals surface area contributed by atoms with Crippen LogP contribution in [0.4, 0.5) is 0 Å². The highest BCUT2D eigenvalue weighted by atomic mass is 16.5. The monoisotopic (exact) mass is 351 g/mol. The van der Waals surface area contributed by atoms with Crippen LogP contribution >= 0.6 is 0 Å². The summed E-state index contributed by atoms with van der Waals surface area (Å²) in [5, 5.41) is 3.98. The second kappa shape index (κ2) is 7.74. The highest BCUT2D eigenvalue weighted by Crippen LogP contribution is 2.20. The summed E-state index contributed by atoms with van der Waals surface area (Å²) in [5.41, 5.74) is 8.74. The van der Waals surface area contributed by atoms with Gasteiger partial charge in [-0.2, -0.15) is 0 Å². The minimum Gasteiger partial charge on any atom is -0.483 e. The second-order valence-corrected chi connectivity index (χ2v) is 6.11. The van der Waals surface area contributed by atoms with E-state index in [-0.39, 0.29) is 18.1 Å². The van der Waals surface area contributed by atoms with Crippen molar-refractivity contribution >= 4 is 22.7 Å². The van der Waals surface area contributed by atoms with Gasteiger partial charge in [0.2, 0.25) is 0 Å². The zero-order valence-electron chi connectivity index (χ0n) is 14.5. The van der Waals surface area contributed by atoms with E-state index in [0.29, 0.717) is 18.7 Å². The molecular formula is C20H21N3O3. The molecule has 1 aromatic heterocycles. The minimum atomic E-state index is -0.584. The molecule has 134 valence electrons. The number of para-hydroxylation sites is 1. The van der Waals surface area contributed by atoms with Crippen LogP contribution < -0.4 is 15.8 Å². The second-order valence-electron chi connectivity index (χ2n) is 6.11. The first-order chi connectivity index (χ1) is 12.5. The van der Waals surface area contributed by atoms with Gasteiger partial charge in [-0.25, -0.2) is 0 Å². The van der Waals surface area contributed by atoms with E-state index in [1.165, 1.54) is 0 Å². The Labute approximate surface area is 151 Å². The lowest BCUT2D eigenvalue weighted by molar-refractivity contribution is -0.123. The van der Waals surface area contributed by atoms with Gasteiger partial charge in [-0.15, -0.1) is 0 Å². The van der Waals surface area contributed by atoms with Crippen LogP contribution in [0.15, 0.2) is 48.7 Å². The molecule has 0 saturated carbocycles. The van der Waals surface area contributed by atoms with Crippen LogP contribution in [0.5, 0.6) is 5.75 Å². The lowest BCUT2D eigenvalue weighted by atomic mass is 10.1. The summed E-state index contributed by atoms with van der Waals surface area (Å²) in [4.78, 5) is 26.7. The van der Waals surface area contributed by atoms with E-state index in [0.717, 1.165) is 22.0 Å².